The maximum atomic E-state index is 12.0. The maximum absolute atomic E-state index is 12.0. The van der Waals surface area contributed by atoms with Gasteiger partial charge in [0.15, 0.2) is 0 Å². The molecule has 0 spiro atoms. The van der Waals surface area contributed by atoms with Gasteiger partial charge in [0.1, 0.15) is 0 Å². The number of unbranched alkanes of at least 4 members (excludes halogenated alkanes) is 2. The van der Waals surface area contributed by atoms with Crippen molar-refractivity contribution in [1.29, 1.82) is 0 Å². The molecule has 1 aromatic rings. The van der Waals surface area contributed by atoms with Crippen LogP contribution in [0.2, 0.25) is 0 Å². The van der Waals surface area contributed by atoms with E-state index < -0.39 is 10.0 Å². The fourth-order valence-corrected chi connectivity index (χ4v) is 2.21. The van der Waals surface area contributed by atoms with Crippen molar-refractivity contribution in [2.24, 2.45) is 5.14 Å². The fraction of sp³-hybridized carbons (Fsp3) is 0.357. The number of primary sulfonamides is 1. The molecule has 0 aromatic heterocycles. The van der Waals surface area contributed by atoms with Crippen LogP contribution in [0.5, 0.6) is 0 Å². The van der Waals surface area contributed by atoms with E-state index in [1.165, 1.54) is 12.1 Å². The Labute approximate surface area is 119 Å². The maximum Gasteiger partial charge on any atom is 0.251 e. The lowest BCUT2D eigenvalue weighted by molar-refractivity contribution is 0.0952. The molecule has 0 aliphatic carbocycles. The molecule has 0 aliphatic rings. The van der Waals surface area contributed by atoms with E-state index in [0.717, 1.165) is 12.8 Å². The Bertz CT molecular complexity index is 630. The lowest BCUT2D eigenvalue weighted by atomic mass is 10.1. The van der Waals surface area contributed by atoms with Crippen molar-refractivity contribution in [2.75, 3.05) is 6.54 Å². The van der Waals surface area contributed by atoms with Gasteiger partial charge in [0.25, 0.3) is 5.91 Å². The lowest BCUT2D eigenvalue weighted by Crippen LogP contribution is -2.25. The summed E-state index contributed by atoms with van der Waals surface area (Å²) in [6.07, 6.45) is 7.43. The molecule has 0 aliphatic heterocycles. The van der Waals surface area contributed by atoms with E-state index in [-0.39, 0.29) is 10.8 Å². The summed E-state index contributed by atoms with van der Waals surface area (Å²) in [6, 6.07) is 4.24. The second kappa shape index (κ2) is 7.08. The van der Waals surface area contributed by atoms with Crippen LogP contribution in [0.3, 0.4) is 0 Å². The molecule has 3 N–H and O–H groups in total. The summed E-state index contributed by atoms with van der Waals surface area (Å²) in [5.41, 5.74) is 1.01. The second-order valence-electron chi connectivity index (χ2n) is 4.44. The van der Waals surface area contributed by atoms with Gasteiger partial charge in [-0.1, -0.05) is 6.07 Å². The Kier molecular flexibility index (Phi) is 5.74. The van der Waals surface area contributed by atoms with Gasteiger partial charge in [0.2, 0.25) is 10.0 Å². The Balaban J connectivity index is 2.75. The first-order valence-electron chi connectivity index (χ1n) is 6.21. The third-order valence-corrected chi connectivity index (χ3v) is 3.73. The highest BCUT2D eigenvalue weighted by Crippen LogP contribution is 2.14. The molecule has 0 radical (unpaired) electrons. The standard InChI is InChI=1S/C14H18N2O3S/c1-3-4-5-6-9-16-14(17)13-10-12(20(15,18)19)8-7-11(13)2/h1,7-8,10H,4-6,9H2,2H3,(H,16,17)(H2,15,18,19). The summed E-state index contributed by atoms with van der Waals surface area (Å²) in [4.78, 5) is 11.9. The summed E-state index contributed by atoms with van der Waals surface area (Å²) in [5, 5.41) is 7.79. The molecule has 5 nitrogen and oxygen atoms in total. The highest BCUT2D eigenvalue weighted by molar-refractivity contribution is 7.89. The van der Waals surface area contributed by atoms with Gasteiger partial charge < -0.3 is 5.32 Å². The van der Waals surface area contributed by atoms with Crippen molar-refractivity contribution in [3.8, 4) is 12.3 Å². The third-order valence-electron chi connectivity index (χ3n) is 2.82. The zero-order chi connectivity index (χ0) is 15.2. The molecule has 108 valence electrons. The Morgan fingerprint density at radius 1 is 1.40 bits per heavy atom. The van der Waals surface area contributed by atoms with E-state index in [1.807, 2.05) is 0 Å². The van der Waals surface area contributed by atoms with Crippen LogP contribution in [0.4, 0.5) is 0 Å². The first-order valence-corrected chi connectivity index (χ1v) is 7.76. The van der Waals surface area contributed by atoms with Gasteiger partial charge in [-0.25, -0.2) is 13.6 Å². The van der Waals surface area contributed by atoms with Gasteiger partial charge >= 0.3 is 0 Å². The normalized spacial score (nSPS) is 10.8. The molecule has 1 rings (SSSR count). The van der Waals surface area contributed by atoms with E-state index in [2.05, 4.69) is 11.2 Å². The van der Waals surface area contributed by atoms with Crippen LogP contribution in [0.15, 0.2) is 23.1 Å². The molecule has 0 saturated carbocycles. The molecule has 0 heterocycles. The molecule has 0 unspecified atom stereocenters. The van der Waals surface area contributed by atoms with Crippen molar-refractivity contribution in [1.82, 2.24) is 5.32 Å². The first-order chi connectivity index (χ1) is 9.36. The number of aryl methyl sites for hydroxylation is 1. The molecule has 20 heavy (non-hydrogen) atoms. The number of rotatable bonds is 6. The smallest absolute Gasteiger partial charge is 0.251 e. The summed E-state index contributed by atoms with van der Waals surface area (Å²) >= 11 is 0. The van der Waals surface area contributed by atoms with Crippen molar-refractivity contribution < 1.29 is 13.2 Å². The van der Waals surface area contributed by atoms with Crippen LogP contribution < -0.4 is 10.5 Å². The Hall–Kier alpha value is -1.84. The second-order valence-corrected chi connectivity index (χ2v) is 6.00. The monoisotopic (exact) mass is 294 g/mol. The average molecular weight is 294 g/mol. The van der Waals surface area contributed by atoms with Crippen LogP contribution in [-0.4, -0.2) is 20.9 Å². The molecule has 0 fully saturated rings. The van der Waals surface area contributed by atoms with E-state index in [1.54, 1.807) is 13.0 Å². The van der Waals surface area contributed by atoms with E-state index >= 15 is 0 Å². The SMILES string of the molecule is C#CCCCCNC(=O)c1cc(S(N)(=O)=O)ccc1C. The largest absolute Gasteiger partial charge is 0.352 e. The van der Waals surface area contributed by atoms with E-state index in [4.69, 9.17) is 11.6 Å². The Morgan fingerprint density at radius 3 is 2.70 bits per heavy atom. The lowest BCUT2D eigenvalue weighted by Gasteiger charge is -2.09. The predicted octanol–water partition coefficient (Wildman–Crippen LogP) is 1.18. The number of nitrogens with two attached hydrogens (primary N) is 1. The molecule has 1 aromatic carbocycles. The van der Waals surface area contributed by atoms with Crippen molar-refractivity contribution in [2.45, 2.75) is 31.1 Å². The third kappa shape index (κ3) is 4.68. The number of benzene rings is 1. The summed E-state index contributed by atoms with van der Waals surface area (Å²) in [6.45, 7) is 2.24. The topological polar surface area (TPSA) is 89.3 Å². The minimum Gasteiger partial charge on any atom is -0.352 e. The molecule has 0 atom stereocenters. The van der Waals surface area contributed by atoms with Crippen molar-refractivity contribution in [3.63, 3.8) is 0 Å². The summed E-state index contributed by atoms with van der Waals surface area (Å²) in [5.74, 6) is 2.22. The number of hydrogen-bond acceptors (Lipinski definition) is 3. The highest BCUT2D eigenvalue weighted by Gasteiger charge is 2.14. The number of carbonyl (C=O) groups excluding carboxylic acids is 1. The number of amides is 1. The van der Waals surface area contributed by atoms with E-state index in [9.17, 15) is 13.2 Å². The van der Waals surface area contributed by atoms with Crippen LogP contribution >= 0.6 is 0 Å². The zero-order valence-corrected chi connectivity index (χ0v) is 12.2. The molecular formula is C14H18N2O3S. The number of hydrogen-bond donors (Lipinski definition) is 2. The van der Waals surface area contributed by atoms with Gasteiger partial charge in [-0.2, -0.15) is 0 Å². The van der Waals surface area contributed by atoms with Gasteiger partial charge in [-0.15, -0.1) is 12.3 Å². The first kappa shape index (κ1) is 16.2. The van der Waals surface area contributed by atoms with Gasteiger partial charge in [0, 0.05) is 18.5 Å². The average Bonchev–Trinajstić information content (AvgIpc) is 2.37. The number of terminal acetylenes is 1. The van der Waals surface area contributed by atoms with Gasteiger partial charge in [0.05, 0.1) is 4.90 Å². The molecule has 6 heteroatoms. The molecule has 1 amide bonds. The van der Waals surface area contributed by atoms with Crippen molar-refractivity contribution >= 4 is 15.9 Å². The predicted molar refractivity (Wildman–Crippen MR) is 77.6 cm³/mol. The number of sulfonamides is 1. The summed E-state index contributed by atoms with van der Waals surface area (Å²) in [7, 11) is -3.81. The quantitative estimate of drug-likeness (QED) is 0.610. The highest BCUT2D eigenvalue weighted by atomic mass is 32.2. The van der Waals surface area contributed by atoms with Gasteiger partial charge in [-0.3, -0.25) is 4.79 Å². The number of nitrogens with one attached hydrogen (secondary N) is 1. The van der Waals surface area contributed by atoms with Crippen LogP contribution in [0.25, 0.3) is 0 Å². The van der Waals surface area contributed by atoms with Gasteiger partial charge in [-0.05, 0) is 37.5 Å². The minimum absolute atomic E-state index is 0.0689. The molecular weight excluding hydrogens is 276 g/mol. The molecule has 0 bridgehead atoms. The minimum atomic E-state index is -3.81. The molecule has 0 saturated heterocycles. The fourth-order valence-electron chi connectivity index (χ4n) is 1.67. The van der Waals surface area contributed by atoms with Crippen molar-refractivity contribution in [3.05, 3.63) is 29.3 Å². The number of carbonyl (C=O) groups is 1. The van der Waals surface area contributed by atoms with Crippen LogP contribution in [0, 0.1) is 19.3 Å². The summed E-state index contributed by atoms with van der Waals surface area (Å²) < 4.78 is 22.6. The van der Waals surface area contributed by atoms with E-state index in [0.29, 0.717) is 24.1 Å². The zero-order valence-electron chi connectivity index (χ0n) is 11.3. The van der Waals surface area contributed by atoms with Crippen LogP contribution in [0.1, 0.15) is 35.2 Å². The van der Waals surface area contributed by atoms with Crippen LogP contribution in [-0.2, 0) is 10.0 Å². The Morgan fingerprint density at radius 2 is 2.10 bits per heavy atom.